The first-order chi connectivity index (χ1) is 6.02. The predicted molar refractivity (Wildman–Crippen MR) is 55.9 cm³/mol. The van der Waals surface area contributed by atoms with Gasteiger partial charge in [-0.25, -0.2) is 13.6 Å². The molecule has 3 nitrogen and oxygen atoms in total. The molecule has 0 aliphatic rings. The maximum atomic E-state index is 11.1. The van der Waals surface area contributed by atoms with Gasteiger partial charge < -0.3 is 0 Å². The smallest absolute Gasteiger partial charge is 0.211 e. The standard InChI is InChI=1S/C9H19NO2S/c1-3-5-7-9(8-6-4-2)13(10,11)12/h3,9H,1,4-8H2,2H3,(H2,10,11,12). The molecule has 0 fully saturated rings. The van der Waals surface area contributed by atoms with Crippen LogP contribution in [0.4, 0.5) is 0 Å². The Bertz CT molecular complexity index is 234. The molecule has 0 heterocycles. The Morgan fingerprint density at radius 2 is 2.08 bits per heavy atom. The summed E-state index contributed by atoms with van der Waals surface area (Å²) >= 11 is 0. The summed E-state index contributed by atoms with van der Waals surface area (Å²) < 4.78 is 22.2. The van der Waals surface area contributed by atoms with Crippen LogP contribution in [0.3, 0.4) is 0 Å². The van der Waals surface area contributed by atoms with Gasteiger partial charge in [0.2, 0.25) is 10.0 Å². The lowest BCUT2D eigenvalue weighted by Crippen LogP contribution is -2.28. The second kappa shape index (κ2) is 6.16. The van der Waals surface area contributed by atoms with Gasteiger partial charge >= 0.3 is 0 Å². The summed E-state index contributed by atoms with van der Waals surface area (Å²) in [6.45, 7) is 5.59. The first-order valence-electron chi connectivity index (χ1n) is 4.64. The highest BCUT2D eigenvalue weighted by atomic mass is 32.2. The lowest BCUT2D eigenvalue weighted by Gasteiger charge is -2.12. The molecule has 0 aromatic carbocycles. The van der Waals surface area contributed by atoms with Crippen molar-refractivity contribution in [3.8, 4) is 0 Å². The lowest BCUT2D eigenvalue weighted by molar-refractivity contribution is 0.553. The summed E-state index contributed by atoms with van der Waals surface area (Å²) in [7, 11) is -3.36. The van der Waals surface area contributed by atoms with Gasteiger partial charge in [0.15, 0.2) is 0 Å². The molecule has 0 aliphatic heterocycles. The molecule has 1 unspecified atom stereocenters. The average molecular weight is 205 g/mol. The van der Waals surface area contributed by atoms with Gasteiger partial charge in [0.25, 0.3) is 0 Å². The van der Waals surface area contributed by atoms with Crippen LogP contribution in [-0.4, -0.2) is 13.7 Å². The molecule has 0 spiro atoms. The average Bonchev–Trinajstić information content (AvgIpc) is 2.02. The van der Waals surface area contributed by atoms with Crippen molar-refractivity contribution >= 4 is 10.0 Å². The van der Waals surface area contributed by atoms with Crippen LogP contribution in [0.5, 0.6) is 0 Å². The fourth-order valence-corrected chi connectivity index (χ4v) is 2.17. The first kappa shape index (κ1) is 12.7. The van der Waals surface area contributed by atoms with Crippen LogP contribution >= 0.6 is 0 Å². The van der Waals surface area contributed by atoms with Crippen molar-refractivity contribution in [1.29, 1.82) is 0 Å². The molecule has 0 aliphatic carbocycles. The lowest BCUT2D eigenvalue weighted by atomic mass is 10.1. The molecular weight excluding hydrogens is 186 g/mol. The SMILES string of the molecule is C=CCCC(CCCC)S(N)(=O)=O. The Morgan fingerprint density at radius 1 is 1.46 bits per heavy atom. The molecule has 0 radical (unpaired) electrons. The Kier molecular flexibility index (Phi) is 5.99. The van der Waals surface area contributed by atoms with E-state index >= 15 is 0 Å². The van der Waals surface area contributed by atoms with Crippen LogP contribution < -0.4 is 5.14 Å². The highest BCUT2D eigenvalue weighted by Gasteiger charge is 2.19. The van der Waals surface area contributed by atoms with Crippen LogP contribution in [0.25, 0.3) is 0 Å². The fraction of sp³-hybridized carbons (Fsp3) is 0.778. The minimum Gasteiger partial charge on any atom is -0.228 e. The number of allylic oxidation sites excluding steroid dienone is 1. The van der Waals surface area contributed by atoms with E-state index in [0.717, 1.165) is 12.8 Å². The molecule has 1 atom stereocenters. The molecule has 78 valence electrons. The van der Waals surface area contributed by atoms with Crippen LogP contribution in [0.2, 0.25) is 0 Å². The zero-order chi connectivity index (χ0) is 10.3. The van der Waals surface area contributed by atoms with E-state index in [1.165, 1.54) is 0 Å². The summed E-state index contributed by atoms with van der Waals surface area (Å²) in [5.74, 6) is 0. The number of primary sulfonamides is 1. The van der Waals surface area contributed by atoms with Crippen molar-refractivity contribution in [3.63, 3.8) is 0 Å². The molecule has 13 heavy (non-hydrogen) atoms. The van der Waals surface area contributed by atoms with Crippen molar-refractivity contribution in [2.45, 2.75) is 44.3 Å². The molecule has 0 saturated heterocycles. The third-order valence-electron chi connectivity index (χ3n) is 2.04. The highest BCUT2D eigenvalue weighted by Crippen LogP contribution is 2.13. The van der Waals surface area contributed by atoms with Crippen molar-refractivity contribution in [3.05, 3.63) is 12.7 Å². The van der Waals surface area contributed by atoms with E-state index in [2.05, 4.69) is 6.58 Å². The van der Waals surface area contributed by atoms with Crippen molar-refractivity contribution < 1.29 is 8.42 Å². The van der Waals surface area contributed by atoms with E-state index in [9.17, 15) is 8.42 Å². The molecule has 0 saturated carbocycles. The molecule has 0 aromatic heterocycles. The molecule has 0 aromatic rings. The Labute approximate surface area is 81.1 Å². The van der Waals surface area contributed by atoms with E-state index < -0.39 is 10.0 Å². The highest BCUT2D eigenvalue weighted by molar-refractivity contribution is 7.89. The van der Waals surface area contributed by atoms with Crippen molar-refractivity contribution in [2.75, 3.05) is 0 Å². The minimum atomic E-state index is -3.36. The summed E-state index contributed by atoms with van der Waals surface area (Å²) in [4.78, 5) is 0. The Morgan fingerprint density at radius 3 is 2.46 bits per heavy atom. The van der Waals surface area contributed by atoms with Gasteiger partial charge in [-0.05, 0) is 19.3 Å². The van der Waals surface area contributed by atoms with Gasteiger partial charge in [-0.15, -0.1) is 6.58 Å². The van der Waals surface area contributed by atoms with Crippen LogP contribution in [0.15, 0.2) is 12.7 Å². The molecule has 0 rings (SSSR count). The van der Waals surface area contributed by atoms with Gasteiger partial charge in [-0.1, -0.05) is 25.8 Å². The summed E-state index contributed by atoms with van der Waals surface area (Å²) in [5.41, 5.74) is 0. The maximum Gasteiger partial charge on any atom is 0.211 e. The van der Waals surface area contributed by atoms with Crippen LogP contribution in [0.1, 0.15) is 39.0 Å². The van der Waals surface area contributed by atoms with Gasteiger partial charge in [-0.3, -0.25) is 0 Å². The quantitative estimate of drug-likeness (QED) is 0.644. The first-order valence-corrected chi connectivity index (χ1v) is 6.25. The Hall–Kier alpha value is -0.350. The predicted octanol–water partition coefficient (Wildman–Crippen LogP) is 1.80. The zero-order valence-corrected chi connectivity index (χ0v) is 9.02. The van der Waals surface area contributed by atoms with E-state index in [4.69, 9.17) is 5.14 Å². The van der Waals surface area contributed by atoms with Gasteiger partial charge in [0.1, 0.15) is 0 Å². The second-order valence-corrected chi connectivity index (χ2v) is 5.06. The van der Waals surface area contributed by atoms with E-state index in [0.29, 0.717) is 19.3 Å². The molecule has 4 heteroatoms. The second-order valence-electron chi connectivity index (χ2n) is 3.22. The topological polar surface area (TPSA) is 60.2 Å². The zero-order valence-electron chi connectivity index (χ0n) is 8.20. The largest absolute Gasteiger partial charge is 0.228 e. The van der Waals surface area contributed by atoms with Crippen molar-refractivity contribution in [1.82, 2.24) is 0 Å². The van der Waals surface area contributed by atoms with Crippen LogP contribution in [-0.2, 0) is 10.0 Å². The third kappa shape index (κ3) is 5.82. The van der Waals surface area contributed by atoms with E-state index in [1.54, 1.807) is 6.08 Å². The third-order valence-corrected chi connectivity index (χ3v) is 3.44. The van der Waals surface area contributed by atoms with E-state index in [1.807, 2.05) is 6.92 Å². The van der Waals surface area contributed by atoms with Crippen molar-refractivity contribution in [2.24, 2.45) is 5.14 Å². The summed E-state index contributed by atoms with van der Waals surface area (Å²) in [6.07, 6.45) is 5.62. The van der Waals surface area contributed by atoms with E-state index in [-0.39, 0.29) is 5.25 Å². The van der Waals surface area contributed by atoms with Crippen LogP contribution in [0, 0.1) is 0 Å². The molecular formula is C9H19NO2S. The van der Waals surface area contributed by atoms with Gasteiger partial charge in [-0.2, -0.15) is 0 Å². The molecule has 2 N–H and O–H groups in total. The monoisotopic (exact) mass is 205 g/mol. The maximum absolute atomic E-state index is 11.1. The number of nitrogens with two attached hydrogens (primary N) is 1. The molecule has 0 bridgehead atoms. The number of unbranched alkanes of at least 4 members (excludes halogenated alkanes) is 1. The van der Waals surface area contributed by atoms with Gasteiger partial charge in [0.05, 0.1) is 5.25 Å². The summed E-state index contributed by atoms with van der Waals surface area (Å²) in [5, 5.41) is 4.72. The fourth-order valence-electron chi connectivity index (χ4n) is 1.21. The Balaban J connectivity index is 4.11. The number of hydrogen-bond acceptors (Lipinski definition) is 2. The number of hydrogen-bond donors (Lipinski definition) is 1. The number of rotatable bonds is 7. The number of sulfonamides is 1. The molecule has 0 amide bonds. The normalized spacial score (nSPS) is 14.0. The van der Waals surface area contributed by atoms with Gasteiger partial charge in [0, 0.05) is 0 Å². The summed E-state index contributed by atoms with van der Waals surface area (Å²) in [6, 6.07) is 0. The minimum absolute atomic E-state index is 0.384.